The van der Waals surface area contributed by atoms with Crippen LogP contribution in [-0.4, -0.2) is 11.4 Å². The van der Waals surface area contributed by atoms with Gasteiger partial charge in [0.25, 0.3) is 0 Å². The van der Waals surface area contributed by atoms with Crippen LogP contribution >= 0.6 is 11.6 Å². The number of halogens is 1. The molecule has 1 aliphatic carbocycles. The summed E-state index contributed by atoms with van der Waals surface area (Å²) in [5.41, 5.74) is 6.85. The minimum atomic E-state index is -0.260. The zero-order valence-corrected chi connectivity index (χ0v) is 11.3. The summed E-state index contributed by atoms with van der Waals surface area (Å²) < 4.78 is 0. The van der Waals surface area contributed by atoms with Gasteiger partial charge in [-0.25, -0.2) is 0 Å². The Morgan fingerprint density at radius 2 is 2.06 bits per heavy atom. The molecule has 1 aromatic carbocycles. The van der Waals surface area contributed by atoms with Gasteiger partial charge in [-0.3, -0.25) is 4.79 Å². The fourth-order valence-electron chi connectivity index (χ4n) is 2.25. The molecule has 1 aliphatic rings. The van der Waals surface area contributed by atoms with E-state index in [0.717, 1.165) is 24.8 Å². The Labute approximate surface area is 113 Å². The van der Waals surface area contributed by atoms with Crippen LogP contribution in [0.4, 0.5) is 0 Å². The number of hydrogen-bond acceptors (Lipinski definition) is 2. The van der Waals surface area contributed by atoms with E-state index < -0.39 is 0 Å². The van der Waals surface area contributed by atoms with E-state index in [1.54, 1.807) is 0 Å². The molecule has 98 valence electrons. The molecule has 4 heteroatoms. The molecule has 1 atom stereocenters. The second kappa shape index (κ2) is 5.29. The predicted molar refractivity (Wildman–Crippen MR) is 73.4 cm³/mol. The Hall–Kier alpha value is -1.06. The van der Waals surface area contributed by atoms with Crippen LogP contribution in [0.25, 0.3) is 0 Å². The molecule has 1 aromatic rings. The molecule has 0 aliphatic heterocycles. The highest BCUT2D eigenvalue weighted by molar-refractivity contribution is 6.30. The number of amides is 1. The molecule has 3 nitrogen and oxygen atoms in total. The maximum atomic E-state index is 11.9. The molecule has 0 saturated heterocycles. The first-order chi connectivity index (χ1) is 8.48. The fraction of sp³-hybridized carbons (Fsp3) is 0.500. The molecule has 0 aromatic heterocycles. The maximum absolute atomic E-state index is 11.9. The van der Waals surface area contributed by atoms with E-state index in [4.69, 9.17) is 17.3 Å². The van der Waals surface area contributed by atoms with Gasteiger partial charge in [0.15, 0.2) is 0 Å². The van der Waals surface area contributed by atoms with Crippen molar-refractivity contribution >= 4 is 17.5 Å². The quantitative estimate of drug-likeness (QED) is 0.880. The van der Waals surface area contributed by atoms with Crippen LogP contribution in [0.15, 0.2) is 24.3 Å². The van der Waals surface area contributed by atoms with Crippen LogP contribution in [0.3, 0.4) is 0 Å². The van der Waals surface area contributed by atoms with Crippen LogP contribution in [0.1, 0.15) is 44.2 Å². The lowest BCUT2D eigenvalue weighted by molar-refractivity contribution is -0.123. The number of benzene rings is 1. The van der Waals surface area contributed by atoms with Crippen molar-refractivity contribution in [1.82, 2.24) is 5.32 Å². The molecule has 2 rings (SSSR count). The average molecular weight is 267 g/mol. The first kappa shape index (κ1) is 13.4. The van der Waals surface area contributed by atoms with E-state index >= 15 is 0 Å². The third-order valence-corrected chi connectivity index (χ3v) is 3.86. The molecule has 0 bridgehead atoms. The van der Waals surface area contributed by atoms with Crippen LogP contribution in [0, 0.1) is 0 Å². The average Bonchev–Trinajstić information content (AvgIpc) is 2.27. The molecule has 18 heavy (non-hydrogen) atoms. The zero-order chi connectivity index (χ0) is 13.2. The van der Waals surface area contributed by atoms with Crippen LogP contribution in [-0.2, 0) is 4.79 Å². The molecular weight excluding hydrogens is 248 g/mol. The lowest BCUT2D eigenvalue weighted by atomic mass is 9.75. The zero-order valence-electron chi connectivity index (χ0n) is 10.6. The summed E-state index contributed by atoms with van der Waals surface area (Å²) in [6.07, 6.45) is 3.47. The van der Waals surface area contributed by atoms with E-state index in [0.29, 0.717) is 11.4 Å². The van der Waals surface area contributed by atoms with Crippen LogP contribution in [0.5, 0.6) is 0 Å². The van der Waals surface area contributed by atoms with Crippen molar-refractivity contribution in [3.63, 3.8) is 0 Å². The topological polar surface area (TPSA) is 55.1 Å². The van der Waals surface area contributed by atoms with Crippen molar-refractivity contribution in [2.24, 2.45) is 5.73 Å². The molecule has 3 N–H and O–H groups in total. The van der Waals surface area contributed by atoms with Crippen LogP contribution in [0.2, 0.25) is 5.02 Å². The van der Waals surface area contributed by atoms with Crippen molar-refractivity contribution < 1.29 is 4.79 Å². The minimum absolute atomic E-state index is 0.0153. The number of hydrogen-bond donors (Lipinski definition) is 2. The smallest absolute Gasteiger partial charge is 0.222 e. The van der Waals surface area contributed by atoms with E-state index in [1.807, 2.05) is 31.2 Å². The summed E-state index contributed by atoms with van der Waals surface area (Å²) in [6.45, 7) is 1.96. The monoisotopic (exact) mass is 266 g/mol. The van der Waals surface area contributed by atoms with Gasteiger partial charge < -0.3 is 11.1 Å². The van der Waals surface area contributed by atoms with Gasteiger partial charge in [-0.1, -0.05) is 23.7 Å². The third kappa shape index (κ3) is 3.24. The molecule has 1 fully saturated rings. The van der Waals surface area contributed by atoms with Crippen molar-refractivity contribution in [1.29, 1.82) is 0 Å². The van der Waals surface area contributed by atoms with E-state index in [1.165, 1.54) is 0 Å². The van der Waals surface area contributed by atoms with Gasteiger partial charge in [-0.2, -0.15) is 0 Å². The Balaban J connectivity index is 1.88. The Morgan fingerprint density at radius 3 is 2.56 bits per heavy atom. The summed E-state index contributed by atoms with van der Waals surface area (Å²) in [7, 11) is 0. The van der Waals surface area contributed by atoms with Gasteiger partial charge in [0.1, 0.15) is 0 Å². The van der Waals surface area contributed by atoms with E-state index in [2.05, 4.69) is 5.32 Å². The van der Waals surface area contributed by atoms with Gasteiger partial charge in [-0.05, 0) is 43.9 Å². The number of nitrogens with one attached hydrogen (secondary N) is 1. The lowest BCUT2D eigenvalue weighted by Crippen LogP contribution is -2.50. The molecule has 0 spiro atoms. The highest BCUT2D eigenvalue weighted by Gasteiger charge is 2.34. The first-order valence-corrected chi connectivity index (χ1v) is 6.70. The lowest BCUT2D eigenvalue weighted by Gasteiger charge is -2.37. The third-order valence-electron chi connectivity index (χ3n) is 3.61. The Kier molecular flexibility index (Phi) is 3.93. The largest absolute Gasteiger partial charge is 0.350 e. The number of rotatable bonds is 4. The minimum Gasteiger partial charge on any atom is -0.350 e. The molecule has 1 saturated carbocycles. The summed E-state index contributed by atoms with van der Waals surface area (Å²) in [5.74, 6) is 0.0275. The molecule has 1 unspecified atom stereocenters. The summed E-state index contributed by atoms with van der Waals surface area (Å²) in [5, 5.41) is 3.68. The Bertz CT molecular complexity index is 426. The maximum Gasteiger partial charge on any atom is 0.222 e. The SMILES string of the molecule is CC(NC(=O)CC1(N)CCC1)c1ccc(Cl)cc1. The van der Waals surface area contributed by atoms with E-state index in [9.17, 15) is 4.79 Å². The number of carbonyl (C=O) groups excluding carboxylic acids is 1. The van der Waals surface area contributed by atoms with Crippen molar-refractivity contribution in [3.8, 4) is 0 Å². The van der Waals surface area contributed by atoms with Crippen molar-refractivity contribution in [3.05, 3.63) is 34.9 Å². The van der Waals surface area contributed by atoms with Crippen LogP contribution < -0.4 is 11.1 Å². The summed E-state index contributed by atoms with van der Waals surface area (Å²) in [4.78, 5) is 11.9. The van der Waals surface area contributed by atoms with Crippen molar-refractivity contribution in [2.75, 3.05) is 0 Å². The van der Waals surface area contributed by atoms with Gasteiger partial charge in [0.05, 0.1) is 6.04 Å². The van der Waals surface area contributed by atoms with Gasteiger partial charge in [0.2, 0.25) is 5.91 Å². The standard InChI is InChI=1S/C14H19ClN2O/c1-10(11-3-5-12(15)6-4-11)17-13(18)9-14(16)7-2-8-14/h3-6,10H,2,7-9,16H2,1H3,(H,17,18). The predicted octanol–water partition coefficient (Wildman–Crippen LogP) is 2.79. The summed E-state index contributed by atoms with van der Waals surface area (Å²) >= 11 is 5.83. The molecule has 0 heterocycles. The second-order valence-electron chi connectivity index (χ2n) is 5.23. The van der Waals surface area contributed by atoms with E-state index in [-0.39, 0.29) is 17.5 Å². The van der Waals surface area contributed by atoms with Crippen molar-refractivity contribution in [2.45, 2.75) is 44.2 Å². The number of nitrogens with two attached hydrogens (primary N) is 1. The number of carbonyl (C=O) groups is 1. The Morgan fingerprint density at radius 1 is 1.44 bits per heavy atom. The van der Waals surface area contributed by atoms with Gasteiger partial charge in [0, 0.05) is 17.0 Å². The second-order valence-corrected chi connectivity index (χ2v) is 5.67. The molecular formula is C14H19ClN2O. The summed E-state index contributed by atoms with van der Waals surface area (Å²) in [6, 6.07) is 7.49. The fourth-order valence-corrected chi connectivity index (χ4v) is 2.38. The first-order valence-electron chi connectivity index (χ1n) is 6.32. The van der Waals surface area contributed by atoms with Gasteiger partial charge >= 0.3 is 0 Å². The van der Waals surface area contributed by atoms with Gasteiger partial charge in [-0.15, -0.1) is 0 Å². The highest BCUT2D eigenvalue weighted by atomic mass is 35.5. The highest BCUT2D eigenvalue weighted by Crippen LogP contribution is 2.32. The normalized spacial score (nSPS) is 18.8. The molecule has 0 radical (unpaired) electrons. The molecule has 1 amide bonds.